The van der Waals surface area contributed by atoms with Crippen molar-refractivity contribution in [2.45, 2.75) is 44.6 Å². The Morgan fingerprint density at radius 3 is 2.26 bits per heavy atom. The van der Waals surface area contributed by atoms with Crippen LogP contribution in [-0.2, 0) is 14.5 Å². The van der Waals surface area contributed by atoms with Gasteiger partial charge in [0.05, 0.1) is 4.92 Å². The maximum Gasteiger partial charge on any atom is 0.269 e. The standard InChI is InChI=1S/C23H23NO7/c1-22(2)13-20(26)23(31-30,21(27)14-22)18(12-19(25)15-7-4-3-5-8-15)16-9-6-10-17(11-16)24(28)29/h3-11,18,30H,12-14H2,1-2H3. The van der Waals surface area contributed by atoms with E-state index in [-0.39, 0.29) is 36.3 Å². The second kappa shape index (κ2) is 8.49. The van der Waals surface area contributed by atoms with Crippen LogP contribution in [0.4, 0.5) is 5.69 Å². The highest BCUT2D eigenvalue weighted by Crippen LogP contribution is 2.46. The number of nitrogens with zero attached hydrogens (tertiary/aromatic N) is 1. The van der Waals surface area contributed by atoms with Crippen molar-refractivity contribution in [2.75, 3.05) is 0 Å². The molecule has 1 atom stereocenters. The predicted octanol–water partition coefficient (Wildman–Crippen LogP) is 4.14. The molecule has 0 saturated heterocycles. The zero-order valence-corrected chi connectivity index (χ0v) is 17.2. The molecule has 1 saturated carbocycles. The normalized spacial score (nSPS) is 18.4. The number of rotatable bonds is 7. The van der Waals surface area contributed by atoms with Crippen LogP contribution in [0.2, 0.25) is 0 Å². The lowest BCUT2D eigenvalue weighted by Crippen LogP contribution is -2.58. The molecule has 1 N–H and O–H groups in total. The first kappa shape index (κ1) is 22.5. The number of benzene rings is 2. The molecule has 1 unspecified atom stereocenters. The Labute approximate surface area is 178 Å². The highest BCUT2D eigenvalue weighted by atomic mass is 17.1. The van der Waals surface area contributed by atoms with Gasteiger partial charge in [-0.15, -0.1) is 0 Å². The minimum atomic E-state index is -2.31. The van der Waals surface area contributed by atoms with Crippen molar-refractivity contribution >= 4 is 23.0 Å². The molecule has 1 aliphatic rings. The van der Waals surface area contributed by atoms with Crippen LogP contribution in [0.1, 0.15) is 54.9 Å². The highest BCUT2D eigenvalue weighted by Gasteiger charge is 2.59. The summed E-state index contributed by atoms with van der Waals surface area (Å²) in [6.07, 6.45) is -0.460. The molecule has 0 spiro atoms. The molecular formula is C23H23NO7. The largest absolute Gasteiger partial charge is 0.296 e. The van der Waals surface area contributed by atoms with Crippen molar-refractivity contribution in [1.29, 1.82) is 0 Å². The van der Waals surface area contributed by atoms with Crippen molar-refractivity contribution in [3.63, 3.8) is 0 Å². The molecule has 0 amide bonds. The summed E-state index contributed by atoms with van der Waals surface area (Å²) >= 11 is 0. The summed E-state index contributed by atoms with van der Waals surface area (Å²) in [5.74, 6) is -2.94. The zero-order chi connectivity index (χ0) is 22.8. The van der Waals surface area contributed by atoms with Crippen LogP contribution in [0.25, 0.3) is 0 Å². The van der Waals surface area contributed by atoms with Gasteiger partial charge in [-0.2, -0.15) is 0 Å². The monoisotopic (exact) mass is 425 g/mol. The smallest absolute Gasteiger partial charge is 0.269 e. The quantitative estimate of drug-likeness (QED) is 0.232. The number of nitro benzene ring substituents is 1. The maximum atomic E-state index is 13.2. The van der Waals surface area contributed by atoms with Crippen LogP contribution in [0.3, 0.4) is 0 Å². The summed E-state index contributed by atoms with van der Waals surface area (Å²) in [4.78, 5) is 54.6. The van der Waals surface area contributed by atoms with E-state index >= 15 is 0 Å². The van der Waals surface area contributed by atoms with E-state index in [1.54, 1.807) is 44.2 Å². The second-order valence-corrected chi connectivity index (χ2v) is 8.59. The number of non-ortho nitro benzene ring substituents is 1. The first-order valence-electron chi connectivity index (χ1n) is 9.82. The van der Waals surface area contributed by atoms with Crippen molar-refractivity contribution in [2.24, 2.45) is 5.41 Å². The minimum absolute atomic E-state index is 0.0513. The van der Waals surface area contributed by atoms with Crippen molar-refractivity contribution in [1.82, 2.24) is 0 Å². The maximum absolute atomic E-state index is 13.2. The Bertz CT molecular complexity index is 1010. The fourth-order valence-corrected chi connectivity index (χ4v) is 4.18. The van der Waals surface area contributed by atoms with Crippen LogP contribution in [0, 0.1) is 15.5 Å². The van der Waals surface area contributed by atoms with Gasteiger partial charge in [0.1, 0.15) is 0 Å². The molecule has 3 rings (SSSR count). The van der Waals surface area contributed by atoms with Gasteiger partial charge in [-0.25, -0.2) is 4.89 Å². The molecule has 1 aliphatic carbocycles. The van der Waals surface area contributed by atoms with Gasteiger partial charge in [0.15, 0.2) is 17.3 Å². The molecule has 31 heavy (non-hydrogen) atoms. The zero-order valence-electron chi connectivity index (χ0n) is 17.2. The molecule has 8 heteroatoms. The van der Waals surface area contributed by atoms with Crippen LogP contribution < -0.4 is 0 Å². The Kier molecular flexibility index (Phi) is 6.15. The lowest BCUT2D eigenvalue weighted by molar-refractivity contribution is -0.385. The summed E-state index contributed by atoms with van der Waals surface area (Å²) in [6, 6.07) is 13.6. The second-order valence-electron chi connectivity index (χ2n) is 8.59. The first-order chi connectivity index (χ1) is 14.6. The number of hydrogen-bond donors (Lipinski definition) is 1. The highest BCUT2D eigenvalue weighted by molar-refractivity contribution is 6.14. The predicted molar refractivity (Wildman–Crippen MR) is 111 cm³/mol. The van der Waals surface area contributed by atoms with E-state index in [1.807, 2.05) is 0 Å². The molecular weight excluding hydrogens is 402 g/mol. The van der Waals surface area contributed by atoms with E-state index in [0.717, 1.165) is 0 Å². The van der Waals surface area contributed by atoms with Crippen LogP contribution in [-0.4, -0.2) is 33.1 Å². The molecule has 2 aromatic rings. The first-order valence-corrected chi connectivity index (χ1v) is 9.82. The number of nitro groups is 1. The van der Waals surface area contributed by atoms with Gasteiger partial charge in [0, 0.05) is 42.9 Å². The minimum Gasteiger partial charge on any atom is -0.296 e. The van der Waals surface area contributed by atoms with E-state index in [4.69, 9.17) is 0 Å². The van der Waals surface area contributed by atoms with Gasteiger partial charge < -0.3 is 0 Å². The molecule has 0 aromatic heterocycles. The van der Waals surface area contributed by atoms with Crippen molar-refractivity contribution in [3.8, 4) is 0 Å². The third-order valence-corrected chi connectivity index (χ3v) is 5.71. The fourth-order valence-electron chi connectivity index (χ4n) is 4.18. The van der Waals surface area contributed by atoms with Gasteiger partial charge in [-0.1, -0.05) is 56.3 Å². The van der Waals surface area contributed by atoms with E-state index in [2.05, 4.69) is 4.89 Å². The topological polar surface area (TPSA) is 124 Å². The van der Waals surface area contributed by atoms with E-state index < -0.39 is 33.4 Å². The third-order valence-electron chi connectivity index (χ3n) is 5.71. The molecule has 0 aliphatic heterocycles. The van der Waals surface area contributed by atoms with Crippen molar-refractivity contribution < 1.29 is 29.5 Å². The SMILES string of the molecule is CC1(C)CC(=O)C(OO)(C(CC(=O)c2ccccc2)c2cccc([N+](=O)[O-])c2)C(=O)C1. The lowest BCUT2D eigenvalue weighted by atomic mass is 9.62. The molecule has 0 radical (unpaired) electrons. The van der Waals surface area contributed by atoms with Gasteiger partial charge in [0.2, 0.25) is 5.60 Å². The number of ketones is 3. The fraction of sp³-hybridized carbons (Fsp3) is 0.348. The molecule has 162 valence electrons. The number of carbonyl (C=O) groups is 3. The molecule has 1 fully saturated rings. The van der Waals surface area contributed by atoms with Crippen LogP contribution >= 0.6 is 0 Å². The van der Waals surface area contributed by atoms with Gasteiger partial charge in [0.25, 0.3) is 5.69 Å². The van der Waals surface area contributed by atoms with E-state index in [9.17, 15) is 29.8 Å². The summed E-state index contributed by atoms with van der Waals surface area (Å²) in [7, 11) is 0. The number of Topliss-reactive ketones (excluding diaryl/α,β-unsaturated/α-hetero) is 3. The average Bonchev–Trinajstić information content (AvgIpc) is 2.73. The summed E-state index contributed by atoms with van der Waals surface area (Å²) in [5.41, 5.74) is -2.67. The van der Waals surface area contributed by atoms with Crippen LogP contribution in [0.15, 0.2) is 54.6 Å². The molecule has 2 aromatic carbocycles. The summed E-state index contributed by atoms with van der Waals surface area (Å²) in [5, 5.41) is 21.1. The average molecular weight is 425 g/mol. The molecule has 8 nitrogen and oxygen atoms in total. The van der Waals surface area contributed by atoms with E-state index in [0.29, 0.717) is 5.56 Å². The Morgan fingerprint density at radius 1 is 1.10 bits per heavy atom. The number of carbonyl (C=O) groups excluding carboxylic acids is 3. The van der Waals surface area contributed by atoms with Gasteiger partial charge >= 0.3 is 0 Å². The lowest BCUT2D eigenvalue weighted by Gasteiger charge is -2.42. The molecule has 0 heterocycles. The van der Waals surface area contributed by atoms with Crippen LogP contribution in [0.5, 0.6) is 0 Å². The number of hydrogen-bond acceptors (Lipinski definition) is 7. The summed E-state index contributed by atoms with van der Waals surface area (Å²) in [6.45, 7) is 3.50. The van der Waals surface area contributed by atoms with Gasteiger partial charge in [-0.3, -0.25) is 29.8 Å². The third kappa shape index (κ3) is 4.30. The Balaban J connectivity index is 2.14. The van der Waals surface area contributed by atoms with Crippen molar-refractivity contribution in [3.05, 3.63) is 75.8 Å². The van der Waals surface area contributed by atoms with E-state index in [1.165, 1.54) is 24.3 Å². The Hall–Kier alpha value is -3.23. The Morgan fingerprint density at radius 2 is 1.71 bits per heavy atom. The summed E-state index contributed by atoms with van der Waals surface area (Å²) < 4.78 is 0. The molecule has 0 bridgehead atoms. The van der Waals surface area contributed by atoms with Gasteiger partial charge in [-0.05, 0) is 11.0 Å².